The first-order valence-electron chi connectivity index (χ1n) is 7.72. The van der Waals surface area contributed by atoms with Crippen LogP contribution in [0.1, 0.15) is 12.5 Å². The quantitative estimate of drug-likeness (QED) is 0.867. The highest BCUT2D eigenvalue weighted by atomic mass is 19.1. The van der Waals surface area contributed by atoms with Crippen LogP contribution in [-0.2, 0) is 6.54 Å². The topological polar surface area (TPSA) is 65.2 Å². The molecule has 1 saturated heterocycles. The van der Waals surface area contributed by atoms with Crippen LogP contribution in [0, 0.1) is 11.2 Å². The smallest absolute Gasteiger partial charge is 0.199 e. The molecule has 6 nitrogen and oxygen atoms in total. The minimum Gasteiger partial charge on any atom is -0.352 e. The lowest BCUT2D eigenvalue weighted by Crippen LogP contribution is -2.45. The van der Waals surface area contributed by atoms with Crippen molar-refractivity contribution in [1.29, 1.82) is 5.41 Å². The molecule has 3 heterocycles. The fourth-order valence-corrected chi connectivity index (χ4v) is 2.88. The van der Waals surface area contributed by atoms with Crippen molar-refractivity contribution >= 4 is 23.1 Å². The van der Waals surface area contributed by atoms with Gasteiger partial charge < -0.3 is 19.8 Å². The highest BCUT2D eigenvalue weighted by Gasteiger charge is 2.21. The maximum absolute atomic E-state index is 14.5. The SMILES string of the molecule is CCn1cc(C=N)c(=O)c2cc(F)c(N3CCN(C)CC3)nc21. The Morgan fingerprint density at radius 3 is 2.65 bits per heavy atom. The van der Waals surface area contributed by atoms with Crippen LogP contribution >= 0.6 is 0 Å². The predicted octanol–water partition coefficient (Wildman–Crippen LogP) is 1.30. The summed E-state index contributed by atoms with van der Waals surface area (Å²) in [6.07, 6.45) is 2.61. The Hall–Kier alpha value is -2.28. The molecular weight excluding hydrogens is 297 g/mol. The molecule has 0 spiro atoms. The van der Waals surface area contributed by atoms with Gasteiger partial charge in [0.15, 0.2) is 17.1 Å². The maximum atomic E-state index is 14.5. The van der Waals surface area contributed by atoms with Gasteiger partial charge in [-0.2, -0.15) is 0 Å². The largest absolute Gasteiger partial charge is 0.352 e. The van der Waals surface area contributed by atoms with E-state index in [1.807, 2.05) is 18.9 Å². The van der Waals surface area contributed by atoms with Gasteiger partial charge in [0.2, 0.25) is 0 Å². The zero-order valence-electron chi connectivity index (χ0n) is 13.3. The summed E-state index contributed by atoms with van der Waals surface area (Å²) in [4.78, 5) is 20.9. The van der Waals surface area contributed by atoms with E-state index in [-0.39, 0.29) is 16.4 Å². The summed E-state index contributed by atoms with van der Waals surface area (Å²) in [6, 6.07) is 1.26. The van der Waals surface area contributed by atoms with Crippen molar-refractivity contribution in [2.75, 3.05) is 38.1 Å². The average molecular weight is 317 g/mol. The number of rotatable bonds is 3. The Balaban J connectivity index is 2.17. The number of nitrogens with zero attached hydrogens (tertiary/aromatic N) is 4. The molecule has 0 atom stereocenters. The van der Waals surface area contributed by atoms with Crippen LogP contribution in [0.2, 0.25) is 0 Å². The molecule has 0 aromatic carbocycles. The lowest BCUT2D eigenvalue weighted by Gasteiger charge is -2.33. The zero-order valence-corrected chi connectivity index (χ0v) is 13.3. The van der Waals surface area contributed by atoms with Crippen LogP contribution in [0.3, 0.4) is 0 Å². The third-order valence-corrected chi connectivity index (χ3v) is 4.31. The van der Waals surface area contributed by atoms with E-state index in [4.69, 9.17) is 5.41 Å². The van der Waals surface area contributed by atoms with Gasteiger partial charge >= 0.3 is 0 Å². The number of likely N-dealkylation sites (N-methyl/N-ethyl adjacent to an activating group) is 1. The molecule has 0 amide bonds. The summed E-state index contributed by atoms with van der Waals surface area (Å²) >= 11 is 0. The lowest BCUT2D eigenvalue weighted by molar-refractivity contribution is 0.311. The van der Waals surface area contributed by atoms with Crippen LogP contribution < -0.4 is 10.3 Å². The van der Waals surface area contributed by atoms with Crippen LogP contribution in [0.5, 0.6) is 0 Å². The molecule has 122 valence electrons. The fraction of sp³-hybridized carbons (Fsp3) is 0.438. The molecule has 2 aromatic heterocycles. The molecule has 2 aromatic rings. The number of hydrogen-bond donors (Lipinski definition) is 1. The molecule has 1 fully saturated rings. The predicted molar refractivity (Wildman–Crippen MR) is 89.2 cm³/mol. The van der Waals surface area contributed by atoms with Crippen LogP contribution in [0.25, 0.3) is 11.0 Å². The van der Waals surface area contributed by atoms with Gasteiger partial charge in [-0.1, -0.05) is 0 Å². The number of halogens is 1. The minimum absolute atomic E-state index is 0.225. The summed E-state index contributed by atoms with van der Waals surface area (Å²) < 4.78 is 16.3. The van der Waals surface area contributed by atoms with Gasteiger partial charge in [-0.05, 0) is 20.0 Å². The van der Waals surface area contributed by atoms with E-state index in [1.165, 1.54) is 6.07 Å². The fourth-order valence-electron chi connectivity index (χ4n) is 2.88. The minimum atomic E-state index is -0.482. The molecule has 7 heteroatoms. The molecule has 0 saturated carbocycles. The number of piperazine rings is 1. The molecular formula is C16H20FN5O. The monoisotopic (exact) mass is 317 g/mol. The van der Waals surface area contributed by atoms with Gasteiger partial charge in [-0.15, -0.1) is 0 Å². The van der Waals surface area contributed by atoms with E-state index < -0.39 is 5.82 Å². The van der Waals surface area contributed by atoms with E-state index in [2.05, 4.69) is 9.88 Å². The first kappa shape index (κ1) is 15.6. The number of anilines is 1. The van der Waals surface area contributed by atoms with Gasteiger partial charge in [0.25, 0.3) is 0 Å². The van der Waals surface area contributed by atoms with Crippen molar-refractivity contribution in [1.82, 2.24) is 14.5 Å². The third-order valence-electron chi connectivity index (χ3n) is 4.31. The number of nitrogens with one attached hydrogen (secondary N) is 1. The Kier molecular flexibility index (Phi) is 4.12. The van der Waals surface area contributed by atoms with E-state index in [0.29, 0.717) is 31.1 Å². The number of pyridine rings is 2. The van der Waals surface area contributed by atoms with E-state index >= 15 is 0 Å². The second-order valence-electron chi connectivity index (χ2n) is 5.80. The van der Waals surface area contributed by atoms with Crippen molar-refractivity contribution in [2.45, 2.75) is 13.5 Å². The van der Waals surface area contributed by atoms with Crippen molar-refractivity contribution < 1.29 is 4.39 Å². The van der Waals surface area contributed by atoms with Gasteiger partial charge in [-0.3, -0.25) is 4.79 Å². The first-order chi connectivity index (χ1) is 11.0. The standard InChI is InChI=1S/C16H20FN5O/c1-3-21-10-11(9-18)14(23)12-8-13(17)16(19-15(12)21)22-6-4-20(2)5-7-22/h8-10,18H,3-7H2,1-2H3. The molecule has 0 aliphatic carbocycles. The van der Waals surface area contributed by atoms with Crippen molar-refractivity contribution in [3.63, 3.8) is 0 Å². The highest BCUT2D eigenvalue weighted by molar-refractivity contribution is 5.86. The third kappa shape index (κ3) is 2.72. The van der Waals surface area contributed by atoms with Crippen molar-refractivity contribution in [2.24, 2.45) is 0 Å². The van der Waals surface area contributed by atoms with Gasteiger partial charge in [0.1, 0.15) is 5.65 Å². The van der Waals surface area contributed by atoms with Crippen LogP contribution in [-0.4, -0.2) is 53.9 Å². The Bertz CT molecular complexity index is 808. The van der Waals surface area contributed by atoms with Gasteiger partial charge in [-0.25, -0.2) is 9.37 Å². The Morgan fingerprint density at radius 2 is 2.04 bits per heavy atom. The first-order valence-corrected chi connectivity index (χ1v) is 7.72. The normalized spacial score (nSPS) is 16.0. The molecule has 0 unspecified atom stereocenters. The molecule has 3 rings (SSSR count). The molecule has 1 N–H and O–H groups in total. The number of aromatic nitrogens is 2. The molecule has 1 aliphatic rings. The summed E-state index contributed by atoms with van der Waals surface area (Å²) in [7, 11) is 2.04. The van der Waals surface area contributed by atoms with Crippen molar-refractivity contribution in [3.05, 3.63) is 33.9 Å². The molecule has 1 aliphatic heterocycles. The summed E-state index contributed by atoms with van der Waals surface area (Å²) in [6.45, 7) is 5.65. The molecule has 0 radical (unpaired) electrons. The molecule has 0 bridgehead atoms. The maximum Gasteiger partial charge on any atom is 0.199 e. The van der Waals surface area contributed by atoms with E-state index in [9.17, 15) is 9.18 Å². The highest BCUT2D eigenvalue weighted by Crippen LogP contribution is 2.22. The zero-order chi connectivity index (χ0) is 16.6. The summed E-state index contributed by atoms with van der Waals surface area (Å²) in [5.41, 5.74) is 0.363. The second-order valence-corrected chi connectivity index (χ2v) is 5.80. The van der Waals surface area contributed by atoms with E-state index in [0.717, 1.165) is 19.3 Å². The van der Waals surface area contributed by atoms with Crippen LogP contribution in [0.15, 0.2) is 17.1 Å². The Morgan fingerprint density at radius 1 is 1.35 bits per heavy atom. The van der Waals surface area contributed by atoms with E-state index in [1.54, 1.807) is 10.8 Å². The number of hydrogen-bond acceptors (Lipinski definition) is 5. The average Bonchev–Trinajstić information content (AvgIpc) is 2.56. The Labute approximate surface area is 133 Å². The number of fused-ring (bicyclic) bond motifs is 1. The van der Waals surface area contributed by atoms with Gasteiger partial charge in [0, 0.05) is 45.1 Å². The van der Waals surface area contributed by atoms with Crippen molar-refractivity contribution in [3.8, 4) is 0 Å². The molecule has 23 heavy (non-hydrogen) atoms. The van der Waals surface area contributed by atoms with Gasteiger partial charge in [0.05, 0.1) is 10.9 Å². The summed E-state index contributed by atoms with van der Waals surface area (Å²) in [5.74, 6) is -0.182. The van der Waals surface area contributed by atoms with Crippen LogP contribution in [0.4, 0.5) is 10.2 Å². The summed E-state index contributed by atoms with van der Waals surface area (Å²) in [5, 5.41) is 7.57. The lowest BCUT2D eigenvalue weighted by atomic mass is 10.2. The number of aryl methyl sites for hydroxylation is 1. The second kappa shape index (κ2) is 6.08.